The van der Waals surface area contributed by atoms with Gasteiger partial charge in [0.1, 0.15) is 11.3 Å². The zero-order valence-electron chi connectivity index (χ0n) is 14.5. The molecule has 5 nitrogen and oxygen atoms in total. The predicted octanol–water partition coefficient (Wildman–Crippen LogP) is 4.35. The highest BCUT2D eigenvalue weighted by molar-refractivity contribution is 7.99. The Hall–Kier alpha value is -2.73. The van der Waals surface area contributed by atoms with Gasteiger partial charge in [-0.05, 0) is 43.4 Å². The van der Waals surface area contributed by atoms with Crippen molar-refractivity contribution in [2.24, 2.45) is 5.73 Å². The second-order valence-electron chi connectivity index (χ2n) is 5.98. The van der Waals surface area contributed by atoms with E-state index in [1.165, 1.54) is 10.5 Å². The van der Waals surface area contributed by atoms with Gasteiger partial charge in [0.2, 0.25) is 11.7 Å². The Kier molecular flexibility index (Phi) is 5.63. The van der Waals surface area contributed by atoms with Crippen LogP contribution in [0.3, 0.4) is 0 Å². The summed E-state index contributed by atoms with van der Waals surface area (Å²) in [5.74, 6) is -0.0470. The highest BCUT2D eigenvalue weighted by atomic mass is 32.2. The van der Waals surface area contributed by atoms with Gasteiger partial charge >= 0.3 is 0 Å². The Morgan fingerprint density at radius 3 is 2.58 bits per heavy atom. The van der Waals surface area contributed by atoms with Gasteiger partial charge in [0, 0.05) is 16.7 Å². The maximum absolute atomic E-state index is 12.3. The fourth-order valence-corrected chi connectivity index (χ4v) is 3.46. The molecule has 0 radical (unpaired) electrons. The second-order valence-corrected chi connectivity index (χ2v) is 7.15. The van der Waals surface area contributed by atoms with Crippen molar-refractivity contribution in [2.75, 3.05) is 11.1 Å². The van der Waals surface area contributed by atoms with Crippen LogP contribution in [0.2, 0.25) is 0 Å². The topological polar surface area (TPSA) is 85.3 Å². The van der Waals surface area contributed by atoms with E-state index in [-0.39, 0.29) is 11.7 Å². The van der Waals surface area contributed by atoms with Crippen LogP contribution in [0, 0.1) is 6.92 Å². The molecule has 2 amide bonds. The van der Waals surface area contributed by atoms with Gasteiger partial charge in [0.05, 0.1) is 0 Å². The number of para-hydroxylation sites is 1. The van der Waals surface area contributed by atoms with Crippen LogP contribution in [0.15, 0.2) is 57.8 Å². The van der Waals surface area contributed by atoms with Gasteiger partial charge in [0.25, 0.3) is 5.91 Å². The molecule has 26 heavy (non-hydrogen) atoms. The Morgan fingerprint density at radius 1 is 1.12 bits per heavy atom. The van der Waals surface area contributed by atoms with E-state index < -0.39 is 5.91 Å². The number of hydrogen-bond acceptors (Lipinski definition) is 4. The number of benzene rings is 2. The van der Waals surface area contributed by atoms with Crippen molar-refractivity contribution >= 4 is 40.2 Å². The number of hydrogen-bond donors (Lipinski definition) is 2. The minimum absolute atomic E-state index is 0.0198. The molecule has 0 aliphatic heterocycles. The number of nitrogens with two attached hydrogens (primary N) is 1. The van der Waals surface area contributed by atoms with E-state index in [0.717, 1.165) is 12.2 Å². The quantitative estimate of drug-likeness (QED) is 0.479. The molecule has 0 fully saturated rings. The molecule has 1 aromatic heterocycles. The normalized spacial score (nSPS) is 10.8. The predicted molar refractivity (Wildman–Crippen MR) is 104 cm³/mol. The van der Waals surface area contributed by atoms with Gasteiger partial charge in [-0.15, -0.1) is 11.8 Å². The number of nitrogens with one attached hydrogen (secondary N) is 1. The fourth-order valence-electron chi connectivity index (χ4n) is 2.60. The van der Waals surface area contributed by atoms with Gasteiger partial charge < -0.3 is 15.5 Å². The molecule has 0 bridgehead atoms. The minimum Gasteiger partial charge on any atom is -0.449 e. The first-order chi connectivity index (χ1) is 12.5. The first-order valence-corrected chi connectivity index (χ1v) is 9.34. The van der Waals surface area contributed by atoms with Crippen LogP contribution < -0.4 is 11.1 Å². The summed E-state index contributed by atoms with van der Waals surface area (Å²) in [5.41, 5.74) is 7.46. The van der Waals surface area contributed by atoms with Crippen molar-refractivity contribution in [3.63, 3.8) is 0 Å². The van der Waals surface area contributed by atoms with E-state index in [0.29, 0.717) is 23.1 Å². The van der Waals surface area contributed by atoms with Crippen molar-refractivity contribution in [2.45, 2.75) is 24.7 Å². The van der Waals surface area contributed by atoms with E-state index >= 15 is 0 Å². The number of anilines is 1. The van der Waals surface area contributed by atoms with Gasteiger partial charge in [-0.3, -0.25) is 9.59 Å². The number of aryl methyl sites for hydroxylation is 1. The van der Waals surface area contributed by atoms with Crippen LogP contribution in [0.25, 0.3) is 11.0 Å². The molecule has 0 spiro atoms. The maximum atomic E-state index is 12.3. The molecule has 0 atom stereocenters. The van der Waals surface area contributed by atoms with Crippen molar-refractivity contribution in [1.29, 1.82) is 0 Å². The molecule has 6 heteroatoms. The van der Waals surface area contributed by atoms with E-state index in [1.54, 1.807) is 30.0 Å². The number of furan rings is 1. The summed E-state index contributed by atoms with van der Waals surface area (Å²) in [6.07, 6.45) is 1.09. The molecule has 3 aromatic rings. The van der Waals surface area contributed by atoms with Crippen molar-refractivity contribution < 1.29 is 14.0 Å². The van der Waals surface area contributed by atoms with Crippen molar-refractivity contribution in [1.82, 2.24) is 0 Å². The summed E-state index contributed by atoms with van der Waals surface area (Å²) in [6.45, 7) is 2.05. The Morgan fingerprint density at radius 2 is 1.85 bits per heavy atom. The zero-order chi connectivity index (χ0) is 18.5. The number of carbonyl (C=O) groups excluding carboxylic acids is 2. The molecule has 134 valence electrons. The van der Waals surface area contributed by atoms with Crippen LogP contribution >= 0.6 is 11.8 Å². The molecule has 0 saturated heterocycles. The summed E-state index contributed by atoms with van der Waals surface area (Å²) in [4.78, 5) is 25.0. The smallest absolute Gasteiger partial charge is 0.286 e. The molecular formula is C20H20N2O3S. The average Bonchev–Trinajstić information content (AvgIpc) is 2.99. The van der Waals surface area contributed by atoms with Gasteiger partial charge in [-0.1, -0.05) is 29.8 Å². The van der Waals surface area contributed by atoms with E-state index in [2.05, 4.69) is 36.5 Å². The molecule has 2 aromatic carbocycles. The van der Waals surface area contributed by atoms with Crippen molar-refractivity contribution in [3.05, 3.63) is 59.9 Å². The number of rotatable bonds is 7. The summed E-state index contributed by atoms with van der Waals surface area (Å²) >= 11 is 1.72. The number of fused-ring (bicyclic) bond motifs is 1. The van der Waals surface area contributed by atoms with E-state index in [1.807, 2.05) is 6.07 Å². The van der Waals surface area contributed by atoms with Crippen LogP contribution in [0.1, 0.15) is 29.0 Å². The lowest BCUT2D eigenvalue weighted by atomic mass is 10.2. The molecule has 0 saturated carbocycles. The van der Waals surface area contributed by atoms with Crippen LogP contribution in [-0.2, 0) is 4.79 Å². The first kappa shape index (κ1) is 18.1. The number of primary amides is 1. The monoisotopic (exact) mass is 368 g/mol. The highest BCUT2D eigenvalue weighted by Crippen LogP contribution is 2.30. The van der Waals surface area contributed by atoms with Crippen LogP contribution in [0.4, 0.5) is 5.69 Å². The third kappa shape index (κ3) is 4.26. The zero-order valence-corrected chi connectivity index (χ0v) is 15.3. The highest BCUT2D eigenvalue weighted by Gasteiger charge is 2.19. The lowest BCUT2D eigenvalue weighted by Crippen LogP contribution is -2.16. The number of amides is 2. The molecule has 1 heterocycles. The molecule has 3 N–H and O–H groups in total. The van der Waals surface area contributed by atoms with Gasteiger partial charge in [-0.25, -0.2) is 0 Å². The number of carbonyl (C=O) groups is 2. The minimum atomic E-state index is -0.702. The lowest BCUT2D eigenvalue weighted by molar-refractivity contribution is -0.116. The van der Waals surface area contributed by atoms with Gasteiger partial charge in [-0.2, -0.15) is 0 Å². The summed E-state index contributed by atoms with van der Waals surface area (Å²) in [6, 6.07) is 15.4. The second kappa shape index (κ2) is 8.10. The van der Waals surface area contributed by atoms with E-state index in [4.69, 9.17) is 10.2 Å². The van der Waals surface area contributed by atoms with Crippen LogP contribution in [0.5, 0.6) is 0 Å². The summed E-state index contributed by atoms with van der Waals surface area (Å²) in [5, 5.41) is 3.45. The largest absolute Gasteiger partial charge is 0.449 e. The number of thioether (sulfide) groups is 1. The SMILES string of the molecule is Cc1ccc(SCCCC(=O)Nc2c(C(N)=O)oc3ccccc23)cc1. The first-order valence-electron chi connectivity index (χ1n) is 8.35. The third-order valence-corrected chi connectivity index (χ3v) is 5.02. The van der Waals surface area contributed by atoms with Gasteiger partial charge in [0.15, 0.2) is 0 Å². The standard InChI is InChI=1S/C20H20N2O3S/c1-13-8-10-14(11-9-13)26-12-4-7-17(23)22-18-15-5-2-3-6-16(15)25-19(18)20(21)24/h2-3,5-6,8-11H,4,7,12H2,1H3,(H2,21,24)(H,22,23). The molecule has 0 aliphatic rings. The third-order valence-electron chi connectivity index (χ3n) is 3.92. The van der Waals surface area contributed by atoms with Crippen LogP contribution in [-0.4, -0.2) is 17.6 Å². The van der Waals surface area contributed by atoms with Crippen molar-refractivity contribution in [3.8, 4) is 0 Å². The molecular weight excluding hydrogens is 348 g/mol. The fraction of sp³-hybridized carbons (Fsp3) is 0.200. The van der Waals surface area contributed by atoms with E-state index in [9.17, 15) is 9.59 Å². The molecule has 0 unspecified atom stereocenters. The maximum Gasteiger partial charge on any atom is 0.286 e. The Labute approximate surface area is 155 Å². The molecule has 3 rings (SSSR count). The Bertz CT molecular complexity index is 932. The Balaban J connectivity index is 1.58. The summed E-state index contributed by atoms with van der Waals surface area (Å²) < 4.78 is 5.46. The molecule has 0 aliphatic carbocycles. The average molecular weight is 368 g/mol. The lowest BCUT2D eigenvalue weighted by Gasteiger charge is -2.05. The summed E-state index contributed by atoms with van der Waals surface area (Å²) in [7, 11) is 0.